The van der Waals surface area contributed by atoms with Crippen molar-refractivity contribution >= 4 is 21.7 Å². The van der Waals surface area contributed by atoms with Crippen molar-refractivity contribution in [3.05, 3.63) is 33.8 Å². The van der Waals surface area contributed by atoms with Gasteiger partial charge < -0.3 is 0 Å². The van der Waals surface area contributed by atoms with E-state index in [0.717, 1.165) is 33.9 Å². The number of hydrogen-bond donors (Lipinski definition) is 0. The number of benzene rings is 1. The Morgan fingerprint density at radius 1 is 1.33 bits per heavy atom. The van der Waals surface area contributed by atoms with Crippen LogP contribution in [0, 0.1) is 24.7 Å². The number of halogens is 1. The Morgan fingerprint density at radius 2 is 2.17 bits per heavy atom. The average Bonchev–Trinajstić information content (AvgIpc) is 2.94. The molecule has 3 atom stereocenters. The number of ketones is 1. The normalized spacial score (nSPS) is 29.8. The predicted molar refractivity (Wildman–Crippen MR) is 76.8 cm³/mol. The van der Waals surface area contributed by atoms with Gasteiger partial charge in [0.1, 0.15) is 0 Å². The van der Waals surface area contributed by atoms with E-state index in [2.05, 4.69) is 15.9 Å². The molecule has 1 nitrogen and oxygen atoms in total. The third kappa shape index (κ3) is 2.16. The monoisotopic (exact) mass is 306 g/mol. The molecule has 2 saturated carbocycles. The van der Waals surface area contributed by atoms with Gasteiger partial charge in [-0.1, -0.05) is 34.5 Å². The molecule has 1 aromatic carbocycles. The van der Waals surface area contributed by atoms with Crippen LogP contribution in [0.25, 0.3) is 0 Å². The highest BCUT2D eigenvalue weighted by Gasteiger charge is 2.40. The molecule has 0 aromatic heterocycles. The Bertz CT molecular complexity index is 480. The van der Waals surface area contributed by atoms with Crippen LogP contribution in [0.15, 0.2) is 22.7 Å². The Labute approximate surface area is 117 Å². The summed E-state index contributed by atoms with van der Waals surface area (Å²) in [5.74, 6) is 2.77. The summed E-state index contributed by atoms with van der Waals surface area (Å²) in [6, 6.07) is 5.93. The van der Waals surface area contributed by atoms with Crippen LogP contribution in [0.1, 0.15) is 48.0 Å². The molecular formula is C16H19BrO. The lowest BCUT2D eigenvalue weighted by Crippen LogP contribution is -2.16. The van der Waals surface area contributed by atoms with Crippen LogP contribution < -0.4 is 0 Å². The fourth-order valence-electron chi connectivity index (χ4n) is 3.88. The lowest BCUT2D eigenvalue weighted by atomic mass is 9.84. The van der Waals surface area contributed by atoms with Gasteiger partial charge in [-0.15, -0.1) is 0 Å². The quantitative estimate of drug-likeness (QED) is 0.735. The predicted octanol–water partition coefficient (Wildman–Crippen LogP) is 4.77. The van der Waals surface area contributed by atoms with Gasteiger partial charge in [-0.25, -0.2) is 0 Å². The summed E-state index contributed by atoms with van der Waals surface area (Å²) in [6.45, 7) is 2.03. The maximum atomic E-state index is 12.4. The largest absolute Gasteiger partial charge is 0.294 e. The number of hydrogen-bond acceptors (Lipinski definition) is 1. The molecule has 0 heterocycles. The van der Waals surface area contributed by atoms with E-state index in [4.69, 9.17) is 0 Å². The standard InChI is InChI=1S/C16H19BrO/c1-10-14(3-2-4-15(10)17)16(18)9-13-8-11-5-6-12(13)7-11/h2-4,11-13H,5-9H2,1H3. The maximum Gasteiger partial charge on any atom is 0.163 e. The number of carbonyl (C=O) groups excluding carboxylic acids is 1. The van der Waals surface area contributed by atoms with E-state index in [9.17, 15) is 4.79 Å². The van der Waals surface area contributed by atoms with Gasteiger partial charge in [0.15, 0.2) is 5.78 Å². The highest BCUT2D eigenvalue weighted by atomic mass is 79.9. The van der Waals surface area contributed by atoms with E-state index < -0.39 is 0 Å². The average molecular weight is 307 g/mol. The summed E-state index contributed by atoms with van der Waals surface area (Å²) in [4.78, 5) is 12.4. The van der Waals surface area contributed by atoms with E-state index in [0.29, 0.717) is 11.7 Å². The van der Waals surface area contributed by atoms with Gasteiger partial charge in [0.25, 0.3) is 0 Å². The first-order valence-corrected chi connectivity index (χ1v) is 7.72. The molecule has 2 fully saturated rings. The minimum Gasteiger partial charge on any atom is -0.294 e. The summed E-state index contributed by atoms with van der Waals surface area (Å²) < 4.78 is 1.04. The first kappa shape index (κ1) is 12.4. The second-order valence-electron chi connectivity index (χ2n) is 5.97. The van der Waals surface area contributed by atoms with Crippen LogP contribution in [0.3, 0.4) is 0 Å². The van der Waals surface area contributed by atoms with E-state index in [1.807, 2.05) is 25.1 Å². The van der Waals surface area contributed by atoms with Gasteiger partial charge in [0.05, 0.1) is 0 Å². The van der Waals surface area contributed by atoms with Crippen LogP contribution in [-0.2, 0) is 0 Å². The topological polar surface area (TPSA) is 17.1 Å². The Hall–Kier alpha value is -0.630. The van der Waals surface area contributed by atoms with Gasteiger partial charge in [0, 0.05) is 16.5 Å². The molecule has 3 rings (SSSR count). The molecule has 96 valence electrons. The van der Waals surface area contributed by atoms with Gasteiger partial charge in [-0.2, -0.15) is 0 Å². The third-order valence-electron chi connectivity index (χ3n) is 4.90. The number of carbonyl (C=O) groups is 1. The Morgan fingerprint density at radius 3 is 2.83 bits per heavy atom. The molecule has 2 aliphatic rings. The van der Waals surface area contributed by atoms with Gasteiger partial charge in [0.2, 0.25) is 0 Å². The fourth-order valence-corrected chi connectivity index (χ4v) is 4.25. The number of rotatable bonds is 3. The lowest BCUT2D eigenvalue weighted by Gasteiger charge is -2.21. The highest BCUT2D eigenvalue weighted by molar-refractivity contribution is 9.10. The molecule has 0 N–H and O–H groups in total. The molecule has 0 spiro atoms. The zero-order valence-corrected chi connectivity index (χ0v) is 12.4. The first-order chi connectivity index (χ1) is 8.65. The zero-order valence-electron chi connectivity index (χ0n) is 10.8. The van der Waals surface area contributed by atoms with Crippen molar-refractivity contribution in [2.24, 2.45) is 17.8 Å². The Kier molecular flexibility index (Phi) is 3.31. The smallest absolute Gasteiger partial charge is 0.163 e. The molecular weight excluding hydrogens is 288 g/mol. The second kappa shape index (κ2) is 4.80. The van der Waals surface area contributed by atoms with Crippen molar-refractivity contribution in [1.82, 2.24) is 0 Å². The van der Waals surface area contributed by atoms with Crippen molar-refractivity contribution in [1.29, 1.82) is 0 Å². The van der Waals surface area contributed by atoms with Crippen LogP contribution in [0.4, 0.5) is 0 Å². The molecule has 2 heteroatoms. The zero-order chi connectivity index (χ0) is 12.7. The van der Waals surface area contributed by atoms with Crippen molar-refractivity contribution in [2.75, 3.05) is 0 Å². The van der Waals surface area contributed by atoms with Crippen LogP contribution in [0.5, 0.6) is 0 Å². The molecule has 0 saturated heterocycles. The van der Waals surface area contributed by atoms with E-state index >= 15 is 0 Å². The van der Waals surface area contributed by atoms with Gasteiger partial charge in [-0.3, -0.25) is 4.79 Å². The van der Waals surface area contributed by atoms with Crippen molar-refractivity contribution in [3.63, 3.8) is 0 Å². The minimum atomic E-state index is 0.339. The van der Waals surface area contributed by atoms with Crippen LogP contribution in [0.2, 0.25) is 0 Å². The fraction of sp³-hybridized carbons (Fsp3) is 0.562. The van der Waals surface area contributed by atoms with Crippen molar-refractivity contribution < 1.29 is 4.79 Å². The first-order valence-electron chi connectivity index (χ1n) is 6.93. The second-order valence-corrected chi connectivity index (χ2v) is 6.83. The van der Waals surface area contributed by atoms with Crippen LogP contribution >= 0.6 is 15.9 Å². The summed E-state index contributed by atoms with van der Waals surface area (Å²) in [6.07, 6.45) is 6.21. The SMILES string of the molecule is Cc1c(Br)cccc1C(=O)CC1CC2CCC1C2. The molecule has 18 heavy (non-hydrogen) atoms. The van der Waals surface area contributed by atoms with Crippen LogP contribution in [-0.4, -0.2) is 5.78 Å². The summed E-state index contributed by atoms with van der Waals surface area (Å²) in [5.41, 5.74) is 2.00. The van der Waals surface area contributed by atoms with E-state index in [-0.39, 0.29) is 0 Å². The molecule has 0 radical (unpaired) electrons. The number of Topliss-reactive ketones (excluding diaryl/α,β-unsaturated/α-hetero) is 1. The lowest BCUT2D eigenvalue weighted by molar-refractivity contribution is 0.0943. The third-order valence-corrected chi connectivity index (χ3v) is 5.76. The molecule has 1 aromatic rings. The molecule has 2 aliphatic carbocycles. The molecule has 2 bridgehead atoms. The van der Waals surface area contributed by atoms with E-state index in [1.165, 1.54) is 25.7 Å². The minimum absolute atomic E-state index is 0.339. The summed E-state index contributed by atoms with van der Waals surface area (Å²) >= 11 is 3.51. The van der Waals surface area contributed by atoms with E-state index in [1.54, 1.807) is 0 Å². The maximum absolute atomic E-state index is 12.4. The summed E-state index contributed by atoms with van der Waals surface area (Å²) in [7, 11) is 0. The van der Waals surface area contributed by atoms with Gasteiger partial charge >= 0.3 is 0 Å². The van der Waals surface area contributed by atoms with Crippen molar-refractivity contribution in [3.8, 4) is 0 Å². The number of fused-ring (bicyclic) bond motifs is 2. The molecule has 0 amide bonds. The molecule has 0 aliphatic heterocycles. The highest BCUT2D eigenvalue weighted by Crippen LogP contribution is 2.49. The van der Waals surface area contributed by atoms with Gasteiger partial charge in [-0.05, 0) is 55.6 Å². The van der Waals surface area contributed by atoms with Crippen molar-refractivity contribution in [2.45, 2.75) is 39.0 Å². The molecule has 3 unspecified atom stereocenters. The Balaban J connectivity index is 1.73. The summed E-state index contributed by atoms with van der Waals surface area (Å²) in [5, 5.41) is 0.